The average molecular weight is 623 g/mol. The molecule has 0 bridgehead atoms. The van der Waals surface area contributed by atoms with Gasteiger partial charge in [-0.05, 0) is 63.8 Å². The van der Waals surface area contributed by atoms with E-state index in [1.54, 1.807) is 43.9 Å². The van der Waals surface area contributed by atoms with Crippen LogP contribution in [0, 0.1) is 24.1 Å². The van der Waals surface area contributed by atoms with Crippen molar-refractivity contribution in [2.75, 3.05) is 13.7 Å². The smallest absolute Gasteiger partial charge is 0.333 e. The lowest BCUT2D eigenvalue weighted by atomic mass is 9.90. The molecule has 1 N–H and O–H groups in total. The fourth-order valence-corrected chi connectivity index (χ4v) is 6.71. The van der Waals surface area contributed by atoms with Gasteiger partial charge in [0.25, 0.3) is 5.56 Å². The Morgan fingerprint density at radius 1 is 1.34 bits per heavy atom. The molecular formula is C31H35FN6O5S. The van der Waals surface area contributed by atoms with E-state index in [4.69, 9.17) is 14.7 Å². The van der Waals surface area contributed by atoms with E-state index in [1.165, 1.54) is 41.2 Å². The lowest BCUT2D eigenvalue weighted by molar-refractivity contribution is -0.131. The second-order valence-corrected chi connectivity index (χ2v) is 12.1. The molecule has 232 valence electrons. The summed E-state index contributed by atoms with van der Waals surface area (Å²) in [5, 5.41) is 17.4. The minimum Gasteiger partial charge on any atom is -0.496 e. The molecule has 0 spiro atoms. The molecule has 1 aliphatic carbocycles. The minimum absolute atomic E-state index is 0.00249. The predicted molar refractivity (Wildman–Crippen MR) is 164 cm³/mol. The molecule has 1 fully saturated rings. The summed E-state index contributed by atoms with van der Waals surface area (Å²) in [6.07, 6.45) is 5.36. The number of aryl methyl sites for hydroxylation is 1. The van der Waals surface area contributed by atoms with Gasteiger partial charge in [0.15, 0.2) is 0 Å². The van der Waals surface area contributed by atoms with E-state index in [0.29, 0.717) is 26.7 Å². The first-order valence-corrected chi connectivity index (χ1v) is 15.4. The fourth-order valence-electron chi connectivity index (χ4n) is 5.46. The Morgan fingerprint density at radius 2 is 2.11 bits per heavy atom. The third kappa shape index (κ3) is 5.55. The summed E-state index contributed by atoms with van der Waals surface area (Å²) in [6.45, 7) is 5.01. The lowest BCUT2D eigenvalue weighted by Crippen LogP contribution is -2.59. The largest absolute Gasteiger partial charge is 0.496 e. The first-order chi connectivity index (χ1) is 21.1. The zero-order valence-electron chi connectivity index (χ0n) is 25.1. The van der Waals surface area contributed by atoms with Crippen molar-refractivity contribution in [2.45, 2.75) is 77.1 Å². The van der Waals surface area contributed by atoms with Crippen LogP contribution in [-0.2, 0) is 21.6 Å². The molecule has 1 saturated carbocycles. The van der Waals surface area contributed by atoms with Crippen molar-refractivity contribution in [1.29, 1.82) is 5.26 Å². The van der Waals surface area contributed by atoms with Crippen molar-refractivity contribution in [3.63, 3.8) is 0 Å². The number of carbonyl (C=O) groups is 1. The van der Waals surface area contributed by atoms with Crippen molar-refractivity contribution in [1.82, 2.24) is 24.2 Å². The summed E-state index contributed by atoms with van der Waals surface area (Å²) >= 11 is 1.21. The van der Waals surface area contributed by atoms with Gasteiger partial charge >= 0.3 is 5.69 Å². The van der Waals surface area contributed by atoms with Crippen molar-refractivity contribution in [3.8, 4) is 16.8 Å². The number of halogens is 1. The van der Waals surface area contributed by atoms with E-state index >= 15 is 0 Å². The Morgan fingerprint density at radius 3 is 2.73 bits per heavy atom. The molecule has 3 heterocycles. The number of rotatable bonds is 12. The monoisotopic (exact) mass is 622 g/mol. The highest BCUT2D eigenvalue weighted by atomic mass is 32.1. The Balaban J connectivity index is 1.76. The van der Waals surface area contributed by atoms with Crippen LogP contribution in [-0.4, -0.2) is 44.6 Å². The predicted octanol–water partition coefficient (Wildman–Crippen LogP) is 4.33. The van der Waals surface area contributed by atoms with Gasteiger partial charge < -0.3 is 14.8 Å². The Bertz CT molecular complexity index is 1830. The van der Waals surface area contributed by atoms with Gasteiger partial charge in [0, 0.05) is 29.6 Å². The molecule has 1 unspecified atom stereocenters. The van der Waals surface area contributed by atoms with Crippen molar-refractivity contribution in [2.24, 2.45) is 0 Å². The van der Waals surface area contributed by atoms with Gasteiger partial charge in [0.2, 0.25) is 5.91 Å². The summed E-state index contributed by atoms with van der Waals surface area (Å²) in [6, 6.07) is 7.78. The number of amides is 1. The molecule has 44 heavy (non-hydrogen) atoms. The van der Waals surface area contributed by atoms with Gasteiger partial charge in [-0.15, -0.1) is 0 Å². The molecule has 2 atom stereocenters. The topological polar surface area (TPSA) is 133 Å². The highest BCUT2D eigenvalue weighted by Gasteiger charge is 2.40. The number of carbonyl (C=O) groups excluding carboxylic acids is 1. The third-order valence-electron chi connectivity index (χ3n) is 8.43. The van der Waals surface area contributed by atoms with Crippen molar-refractivity contribution >= 4 is 27.5 Å². The number of ether oxygens (including phenoxy) is 2. The van der Waals surface area contributed by atoms with Crippen LogP contribution in [0.15, 0.2) is 46.2 Å². The third-order valence-corrected chi connectivity index (χ3v) is 9.74. The maximum absolute atomic E-state index is 14.5. The molecule has 1 aromatic carbocycles. The molecule has 4 aromatic rings. The standard InChI is InChI=1S/C31H35FN6O5S/c1-5-31(3,29(40)35-21-9-6-10-21)38-26(39)25-19(2)27(37-15-8-14-34-37)44-28(25)36(30(38)41)18-24(43-16-7-13-33)22-17-20(32)11-12-23(22)42-4/h8,11-12,14-15,17,21,24H,5-7,9-10,16,18H2,1-4H3,(H,35,40)/t24-,31?/m0/s1. The first kappa shape index (κ1) is 31.2. The SMILES string of the molecule is CCC(C)(C(=O)NC1CCC1)n1c(=O)c2c(C)c(-n3cccn3)sc2n(C[C@H](OCCC#N)c2cc(F)ccc2OC)c1=O. The number of hydrogen-bond donors (Lipinski definition) is 1. The van der Waals surface area contributed by atoms with Gasteiger partial charge in [0.05, 0.1) is 38.1 Å². The number of benzene rings is 1. The van der Waals surface area contributed by atoms with Gasteiger partial charge in [0.1, 0.15) is 33.0 Å². The number of aromatic nitrogens is 4. The number of nitrogens with one attached hydrogen (secondary N) is 1. The molecule has 1 aliphatic rings. The molecule has 0 saturated heterocycles. The Labute approximate surface area is 257 Å². The van der Waals surface area contributed by atoms with Gasteiger partial charge in [-0.25, -0.2) is 18.4 Å². The zero-order chi connectivity index (χ0) is 31.6. The average Bonchev–Trinajstić information content (AvgIpc) is 3.64. The second-order valence-electron chi connectivity index (χ2n) is 11.1. The van der Waals surface area contributed by atoms with Crippen LogP contribution in [0.4, 0.5) is 4.39 Å². The maximum Gasteiger partial charge on any atom is 0.333 e. The highest BCUT2D eigenvalue weighted by molar-refractivity contribution is 7.21. The lowest BCUT2D eigenvalue weighted by Gasteiger charge is -2.34. The summed E-state index contributed by atoms with van der Waals surface area (Å²) in [5.74, 6) is -0.594. The molecule has 13 heteroatoms. The molecule has 1 amide bonds. The quantitative estimate of drug-likeness (QED) is 0.233. The van der Waals surface area contributed by atoms with Crippen LogP contribution in [0.25, 0.3) is 15.2 Å². The van der Waals surface area contributed by atoms with Crippen LogP contribution in [0.5, 0.6) is 5.75 Å². The van der Waals surface area contributed by atoms with Crippen LogP contribution in [0.1, 0.15) is 63.2 Å². The number of hydrogen-bond acceptors (Lipinski definition) is 8. The second kappa shape index (κ2) is 12.8. The Kier molecular flexibility index (Phi) is 9.03. The number of thiophene rings is 1. The van der Waals surface area contributed by atoms with Crippen molar-refractivity contribution < 1.29 is 18.7 Å². The van der Waals surface area contributed by atoms with Crippen LogP contribution >= 0.6 is 11.3 Å². The molecular weight excluding hydrogens is 587 g/mol. The Hall–Kier alpha value is -4.28. The van der Waals surface area contributed by atoms with Crippen LogP contribution in [0.2, 0.25) is 0 Å². The van der Waals surface area contributed by atoms with Crippen LogP contribution < -0.4 is 21.3 Å². The summed E-state index contributed by atoms with van der Waals surface area (Å²) in [7, 11) is 1.44. The first-order valence-electron chi connectivity index (χ1n) is 14.6. The summed E-state index contributed by atoms with van der Waals surface area (Å²) in [4.78, 5) is 42.9. The van der Waals surface area contributed by atoms with E-state index in [1.807, 2.05) is 6.07 Å². The molecule has 0 radical (unpaired) electrons. The number of nitriles is 1. The van der Waals surface area contributed by atoms with E-state index in [2.05, 4.69) is 10.4 Å². The van der Waals surface area contributed by atoms with Crippen molar-refractivity contribution in [3.05, 3.63) is 74.4 Å². The molecule has 5 rings (SSSR count). The van der Waals surface area contributed by atoms with E-state index in [9.17, 15) is 18.8 Å². The summed E-state index contributed by atoms with van der Waals surface area (Å²) < 4.78 is 30.2. The normalized spacial score (nSPS) is 15.4. The molecule has 3 aromatic heterocycles. The van der Waals surface area contributed by atoms with E-state index in [-0.39, 0.29) is 37.4 Å². The number of methoxy groups -OCH3 is 1. The van der Waals surface area contributed by atoms with E-state index in [0.717, 1.165) is 23.8 Å². The van der Waals surface area contributed by atoms with Gasteiger partial charge in [-0.3, -0.25) is 14.2 Å². The highest BCUT2D eigenvalue weighted by Crippen LogP contribution is 2.35. The number of nitrogens with zero attached hydrogens (tertiary/aromatic N) is 5. The van der Waals surface area contributed by atoms with E-state index < -0.39 is 34.6 Å². The van der Waals surface area contributed by atoms with Crippen LogP contribution in [0.3, 0.4) is 0 Å². The van der Waals surface area contributed by atoms with Gasteiger partial charge in [-0.1, -0.05) is 18.3 Å². The number of fused-ring (bicyclic) bond motifs is 1. The zero-order valence-corrected chi connectivity index (χ0v) is 25.9. The maximum atomic E-state index is 14.5. The molecule has 0 aliphatic heterocycles. The van der Waals surface area contributed by atoms with Gasteiger partial charge in [-0.2, -0.15) is 10.4 Å². The fraction of sp³-hybridized carbons (Fsp3) is 0.452. The minimum atomic E-state index is -1.49. The molecule has 11 nitrogen and oxygen atoms in total. The summed E-state index contributed by atoms with van der Waals surface area (Å²) in [5.41, 5.74) is -1.83.